The van der Waals surface area contributed by atoms with Crippen LogP contribution in [0.25, 0.3) is 11.0 Å². The molecule has 0 aliphatic carbocycles. The van der Waals surface area contributed by atoms with Crippen molar-refractivity contribution >= 4 is 22.8 Å². The Kier molecular flexibility index (Phi) is 6.71. The molecule has 5 rings (SSSR count). The smallest absolute Gasteiger partial charge is 0.290 e. The summed E-state index contributed by atoms with van der Waals surface area (Å²) in [5.41, 5.74) is 1.07. The van der Waals surface area contributed by atoms with Crippen LogP contribution in [0.3, 0.4) is 0 Å². The van der Waals surface area contributed by atoms with Gasteiger partial charge in [0.15, 0.2) is 11.4 Å². The first-order valence-electron chi connectivity index (χ1n) is 12.5. The summed E-state index contributed by atoms with van der Waals surface area (Å²) in [5, 5.41) is 0.573. The number of aryl methyl sites for hydroxylation is 2. The molecule has 2 aliphatic heterocycles. The van der Waals surface area contributed by atoms with Crippen LogP contribution in [0.4, 0.5) is 4.39 Å². The molecule has 1 unspecified atom stereocenters. The Labute approximate surface area is 209 Å². The molecule has 2 amide bonds. The molecule has 2 aromatic carbocycles. The number of rotatable bonds is 1. The van der Waals surface area contributed by atoms with Crippen molar-refractivity contribution in [2.24, 2.45) is 0 Å². The van der Waals surface area contributed by atoms with Crippen molar-refractivity contribution in [2.75, 3.05) is 39.9 Å². The highest BCUT2D eigenvalue weighted by atomic mass is 19.1. The summed E-state index contributed by atoms with van der Waals surface area (Å²) in [6.07, 6.45) is 2.98. The number of benzene rings is 2. The first-order chi connectivity index (χ1) is 17.4. The molecule has 0 radical (unpaired) electrons. The fraction of sp³-hybridized carbons (Fsp3) is 0.429. The zero-order valence-corrected chi connectivity index (χ0v) is 20.7. The van der Waals surface area contributed by atoms with Crippen molar-refractivity contribution < 1.29 is 27.9 Å². The summed E-state index contributed by atoms with van der Waals surface area (Å²) in [6, 6.07) is 12.2. The maximum absolute atomic E-state index is 13.8. The molecule has 7 nitrogen and oxygen atoms in total. The lowest BCUT2D eigenvalue weighted by molar-refractivity contribution is -0.169. The van der Waals surface area contributed by atoms with E-state index in [1.54, 1.807) is 23.8 Å². The number of nitrogens with zero attached hydrogens (tertiary/aromatic N) is 2. The van der Waals surface area contributed by atoms with Crippen LogP contribution in [0.15, 0.2) is 46.9 Å². The van der Waals surface area contributed by atoms with E-state index >= 15 is 0 Å². The van der Waals surface area contributed by atoms with Crippen molar-refractivity contribution in [3.8, 4) is 5.75 Å². The number of carbonyl (C=O) groups is 2. The molecular formula is C28H31FN2O5. The number of ether oxygens (including phenoxy) is 2. The SMILES string of the molecule is Cc1c(C(=O)N2CCOC3(CCCCc4ccccc4OCCN(C)C3=O)C2)oc2ccc(F)cc12. The van der Waals surface area contributed by atoms with E-state index in [1.807, 2.05) is 18.2 Å². The highest BCUT2D eigenvalue weighted by Crippen LogP contribution is 2.32. The lowest BCUT2D eigenvalue weighted by Crippen LogP contribution is -2.61. The van der Waals surface area contributed by atoms with Gasteiger partial charge in [-0.25, -0.2) is 4.39 Å². The first kappa shape index (κ1) is 24.3. The van der Waals surface area contributed by atoms with Crippen LogP contribution in [0.2, 0.25) is 0 Å². The molecule has 190 valence electrons. The number of hydrogen-bond donors (Lipinski definition) is 0. The lowest BCUT2D eigenvalue weighted by Gasteiger charge is -2.43. The monoisotopic (exact) mass is 494 g/mol. The van der Waals surface area contributed by atoms with E-state index in [2.05, 4.69) is 6.07 Å². The Balaban J connectivity index is 1.39. The van der Waals surface area contributed by atoms with Gasteiger partial charge in [-0.05, 0) is 62.4 Å². The normalized spacial score (nSPS) is 21.6. The van der Waals surface area contributed by atoms with Crippen LogP contribution < -0.4 is 4.74 Å². The zero-order chi connectivity index (χ0) is 25.3. The van der Waals surface area contributed by atoms with Crippen molar-refractivity contribution in [3.63, 3.8) is 0 Å². The molecule has 1 atom stereocenters. The molecule has 3 aromatic rings. The number of carbonyl (C=O) groups excluding carboxylic acids is 2. The largest absolute Gasteiger partial charge is 0.491 e. The van der Waals surface area contributed by atoms with Gasteiger partial charge in [0.25, 0.3) is 11.8 Å². The minimum Gasteiger partial charge on any atom is -0.491 e. The van der Waals surface area contributed by atoms with E-state index in [1.165, 1.54) is 18.2 Å². The van der Waals surface area contributed by atoms with E-state index in [0.29, 0.717) is 42.6 Å². The van der Waals surface area contributed by atoms with Gasteiger partial charge in [-0.3, -0.25) is 9.59 Å². The average Bonchev–Trinajstić information content (AvgIpc) is 3.21. The summed E-state index contributed by atoms with van der Waals surface area (Å²) in [7, 11) is 1.74. The highest BCUT2D eigenvalue weighted by molar-refractivity contribution is 5.99. The number of para-hydroxylation sites is 1. The van der Waals surface area contributed by atoms with Gasteiger partial charge in [0.1, 0.15) is 23.8 Å². The summed E-state index contributed by atoms with van der Waals surface area (Å²) < 4.78 is 31.8. The zero-order valence-electron chi connectivity index (χ0n) is 20.7. The second kappa shape index (κ2) is 9.93. The van der Waals surface area contributed by atoms with Gasteiger partial charge in [0.05, 0.1) is 19.7 Å². The molecule has 2 aliphatic rings. The van der Waals surface area contributed by atoms with Gasteiger partial charge in [0, 0.05) is 24.5 Å². The number of fused-ring (bicyclic) bond motifs is 2. The van der Waals surface area contributed by atoms with Crippen LogP contribution in [0.1, 0.15) is 40.9 Å². The minimum atomic E-state index is -1.13. The van der Waals surface area contributed by atoms with Crippen LogP contribution in [0.5, 0.6) is 5.75 Å². The summed E-state index contributed by atoms with van der Waals surface area (Å²) in [6.45, 7) is 3.25. The van der Waals surface area contributed by atoms with Gasteiger partial charge >= 0.3 is 0 Å². The van der Waals surface area contributed by atoms with Crippen molar-refractivity contribution in [3.05, 3.63) is 65.2 Å². The van der Waals surface area contributed by atoms with Crippen LogP contribution in [-0.2, 0) is 16.0 Å². The molecule has 36 heavy (non-hydrogen) atoms. The molecule has 1 spiro atoms. The molecule has 3 heterocycles. The lowest BCUT2D eigenvalue weighted by atomic mass is 9.91. The number of furan rings is 1. The Morgan fingerprint density at radius 1 is 1.08 bits per heavy atom. The van der Waals surface area contributed by atoms with Gasteiger partial charge in [-0.15, -0.1) is 0 Å². The molecule has 0 N–H and O–H groups in total. The predicted molar refractivity (Wildman–Crippen MR) is 133 cm³/mol. The van der Waals surface area contributed by atoms with Crippen molar-refractivity contribution in [2.45, 2.75) is 38.2 Å². The molecule has 1 saturated heterocycles. The maximum Gasteiger partial charge on any atom is 0.290 e. The quantitative estimate of drug-likeness (QED) is 0.503. The van der Waals surface area contributed by atoms with Crippen LogP contribution >= 0.6 is 0 Å². The molecule has 8 heteroatoms. The molecule has 1 aromatic heterocycles. The third kappa shape index (κ3) is 4.57. The minimum absolute atomic E-state index is 0.136. The van der Waals surface area contributed by atoms with Crippen LogP contribution in [0, 0.1) is 12.7 Å². The summed E-state index contributed by atoms with van der Waals surface area (Å²) in [4.78, 5) is 30.5. The Morgan fingerprint density at radius 2 is 1.92 bits per heavy atom. The van der Waals surface area contributed by atoms with E-state index in [-0.39, 0.29) is 36.5 Å². The summed E-state index contributed by atoms with van der Waals surface area (Å²) in [5.74, 6) is 0.183. The maximum atomic E-state index is 13.8. The Bertz CT molecular complexity index is 1290. The number of hydrogen-bond acceptors (Lipinski definition) is 5. The number of likely N-dealkylation sites (N-methyl/N-ethyl adjacent to an activating group) is 1. The summed E-state index contributed by atoms with van der Waals surface area (Å²) >= 11 is 0. The van der Waals surface area contributed by atoms with E-state index in [4.69, 9.17) is 13.9 Å². The number of amides is 2. The average molecular weight is 495 g/mol. The Hall–Kier alpha value is -3.39. The number of halogens is 1. The third-order valence-electron chi connectivity index (χ3n) is 7.24. The van der Waals surface area contributed by atoms with E-state index in [9.17, 15) is 14.0 Å². The predicted octanol–water partition coefficient (Wildman–Crippen LogP) is 4.36. The molecule has 0 saturated carbocycles. The number of morpholine rings is 1. The van der Waals surface area contributed by atoms with Gasteiger partial charge in [-0.1, -0.05) is 18.2 Å². The third-order valence-corrected chi connectivity index (χ3v) is 7.24. The molecule has 1 fully saturated rings. The van der Waals surface area contributed by atoms with E-state index < -0.39 is 5.60 Å². The van der Waals surface area contributed by atoms with Gasteiger partial charge in [0.2, 0.25) is 0 Å². The first-order valence-corrected chi connectivity index (χ1v) is 12.5. The second-order valence-electron chi connectivity index (χ2n) is 9.66. The topological polar surface area (TPSA) is 72.2 Å². The van der Waals surface area contributed by atoms with E-state index in [0.717, 1.165) is 30.6 Å². The van der Waals surface area contributed by atoms with Crippen LogP contribution in [-0.4, -0.2) is 67.1 Å². The fourth-order valence-electron chi connectivity index (χ4n) is 5.20. The Morgan fingerprint density at radius 3 is 2.78 bits per heavy atom. The molecule has 0 bridgehead atoms. The van der Waals surface area contributed by atoms with Crippen molar-refractivity contribution in [1.82, 2.24) is 9.80 Å². The van der Waals surface area contributed by atoms with Gasteiger partial charge in [-0.2, -0.15) is 0 Å². The van der Waals surface area contributed by atoms with Gasteiger partial charge < -0.3 is 23.7 Å². The highest BCUT2D eigenvalue weighted by Gasteiger charge is 2.46. The second-order valence-corrected chi connectivity index (χ2v) is 9.66. The fourth-order valence-corrected chi connectivity index (χ4v) is 5.20. The standard InChI is InChI=1S/C28H31FN2O5/c1-19-22-17-21(29)10-11-24(22)36-25(19)26(32)31-14-16-35-28(18-31)12-6-5-8-20-7-3-4-9-23(20)34-15-13-30(2)27(28)33/h3-4,7,9-11,17H,5-6,8,12-16,18H2,1-2H3. The molecular weight excluding hydrogens is 463 g/mol. The van der Waals surface area contributed by atoms with Crippen molar-refractivity contribution in [1.29, 1.82) is 0 Å².